The molecule has 0 saturated carbocycles. The highest BCUT2D eigenvalue weighted by atomic mass is 16.5. The molecular formula is C28H56O2. The van der Waals surface area contributed by atoms with E-state index in [1.54, 1.807) is 0 Å². The van der Waals surface area contributed by atoms with Gasteiger partial charge in [-0.2, -0.15) is 0 Å². The van der Waals surface area contributed by atoms with Crippen LogP contribution in [0.3, 0.4) is 0 Å². The number of ether oxygens (including phenoxy) is 1. The zero-order valence-corrected chi connectivity index (χ0v) is 21.2. The lowest BCUT2D eigenvalue weighted by Gasteiger charge is -2.16. The molecule has 0 aromatic heterocycles. The van der Waals surface area contributed by atoms with E-state index in [9.17, 15) is 4.79 Å². The third kappa shape index (κ3) is 20.7. The Morgan fingerprint density at radius 2 is 0.833 bits per heavy atom. The van der Waals surface area contributed by atoms with Crippen LogP contribution in [0.4, 0.5) is 0 Å². The summed E-state index contributed by atoms with van der Waals surface area (Å²) in [5, 5.41) is 0. The molecule has 0 radical (unpaired) electrons. The number of carbonyl (C=O) groups is 1. The second kappa shape index (κ2) is 24.7. The highest BCUT2D eigenvalue weighted by molar-refractivity contribution is 5.72. The molecule has 2 heteroatoms. The van der Waals surface area contributed by atoms with Crippen molar-refractivity contribution in [2.24, 2.45) is 5.92 Å². The molecule has 0 aliphatic heterocycles. The van der Waals surface area contributed by atoms with E-state index in [-0.39, 0.29) is 11.9 Å². The monoisotopic (exact) mass is 424 g/mol. The van der Waals surface area contributed by atoms with E-state index in [1.807, 2.05) is 0 Å². The minimum atomic E-state index is 0.0935. The van der Waals surface area contributed by atoms with Crippen LogP contribution in [0.5, 0.6) is 0 Å². The van der Waals surface area contributed by atoms with E-state index < -0.39 is 0 Å². The lowest BCUT2D eigenvalue weighted by Crippen LogP contribution is -2.18. The van der Waals surface area contributed by atoms with E-state index in [0.717, 1.165) is 19.3 Å². The Balaban J connectivity index is 3.90. The molecule has 0 aliphatic rings. The van der Waals surface area contributed by atoms with Crippen LogP contribution in [0, 0.1) is 5.92 Å². The fourth-order valence-corrected chi connectivity index (χ4v) is 4.25. The molecule has 1 unspecified atom stereocenters. The Labute approximate surface area is 190 Å². The minimum absolute atomic E-state index is 0.0935. The SMILES string of the molecule is CCCCCCCCCCCCC(CCCCCC)C(=O)OCCCCCCCC. The highest BCUT2D eigenvalue weighted by Crippen LogP contribution is 2.21. The fraction of sp³-hybridized carbons (Fsp3) is 0.964. The largest absolute Gasteiger partial charge is 0.465 e. The van der Waals surface area contributed by atoms with E-state index in [0.29, 0.717) is 6.61 Å². The summed E-state index contributed by atoms with van der Waals surface area (Å²) in [6.45, 7) is 7.41. The van der Waals surface area contributed by atoms with Crippen molar-refractivity contribution in [3.05, 3.63) is 0 Å². The molecule has 0 heterocycles. The number of rotatable bonds is 24. The van der Waals surface area contributed by atoms with Gasteiger partial charge < -0.3 is 4.74 Å². The van der Waals surface area contributed by atoms with Gasteiger partial charge in [-0.05, 0) is 19.3 Å². The number of carbonyl (C=O) groups excluding carboxylic acids is 1. The summed E-state index contributed by atoms with van der Waals surface area (Å²) < 4.78 is 5.67. The second-order valence-corrected chi connectivity index (χ2v) is 9.45. The predicted molar refractivity (Wildman–Crippen MR) is 133 cm³/mol. The third-order valence-electron chi connectivity index (χ3n) is 6.39. The molecule has 0 spiro atoms. The van der Waals surface area contributed by atoms with Crippen molar-refractivity contribution in [2.75, 3.05) is 6.61 Å². The third-order valence-corrected chi connectivity index (χ3v) is 6.39. The number of esters is 1. The van der Waals surface area contributed by atoms with Crippen LogP contribution < -0.4 is 0 Å². The Morgan fingerprint density at radius 3 is 1.27 bits per heavy atom. The van der Waals surface area contributed by atoms with Crippen LogP contribution in [0.15, 0.2) is 0 Å². The molecule has 30 heavy (non-hydrogen) atoms. The average molecular weight is 425 g/mol. The molecule has 0 aliphatic carbocycles. The topological polar surface area (TPSA) is 26.3 Å². The number of unbranched alkanes of at least 4 members (excludes halogenated alkanes) is 17. The van der Waals surface area contributed by atoms with Gasteiger partial charge in [0.05, 0.1) is 12.5 Å². The van der Waals surface area contributed by atoms with Crippen molar-refractivity contribution in [1.82, 2.24) is 0 Å². The van der Waals surface area contributed by atoms with Crippen molar-refractivity contribution in [3.63, 3.8) is 0 Å². The van der Waals surface area contributed by atoms with E-state index in [2.05, 4.69) is 20.8 Å². The quantitative estimate of drug-likeness (QED) is 0.114. The van der Waals surface area contributed by atoms with Crippen molar-refractivity contribution in [1.29, 1.82) is 0 Å². The molecule has 0 bridgehead atoms. The van der Waals surface area contributed by atoms with Crippen LogP contribution in [-0.2, 0) is 9.53 Å². The molecule has 0 amide bonds. The van der Waals surface area contributed by atoms with E-state index in [4.69, 9.17) is 4.74 Å². The van der Waals surface area contributed by atoms with Gasteiger partial charge >= 0.3 is 5.97 Å². The lowest BCUT2D eigenvalue weighted by atomic mass is 9.94. The van der Waals surface area contributed by atoms with E-state index in [1.165, 1.54) is 122 Å². The molecule has 0 saturated heterocycles. The summed E-state index contributed by atoms with van der Waals surface area (Å²) in [6, 6.07) is 0. The normalized spacial score (nSPS) is 12.2. The first-order valence-corrected chi connectivity index (χ1v) is 13.9. The minimum Gasteiger partial charge on any atom is -0.465 e. The number of hydrogen-bond donors (Lipinski definition) is 0. The van der Waals surface area contributed by atoms with Gasteiger partial charge in [0.1, 0.15) is 0 Å². The summed E-state index contributed by atoms with van der Waals surface area (Å²) in [6.07, 6.45) is 28.1. The molecule has 0 N–H and O–H groups in total. The summed E-state index contributed by atoms with van der Waals surface area (Å²) in [7, 11) is 0. The van der Waals surface area contributed by atoms with Gasteiger partial charge in [-0.3, -0.25) is 4.79 Å². The van der Waals surface area contributed by atoms with E-state index >= 15 is 0 Å². The van der Waals surface area contributed by atoms with Crippen LogP contribution >= 0.6 is 0 Å². The van der Waals surface area contributed by atoms with Crippen molar-refractivity contribution >= 4 is 5.97 Å². The van der Waals surface area contributed by atoms with Gasteiger partial charge in [0.25, 0.3) is 0 Å². The maximum atomic E-state index is 12.6. The molecule has 0 aromatic rings. The molecular weight excluding hydrogens is 368 g/mol. The lowest BCUT2D eigenvalue weighted by molar-refractivity contribution is -0.149. The highest BCUT2D eigenvalue weighted by Gasteiger charge is 2.19. The fourth-order valence-electron chi connectivity index (χ4n) is 4.25. The van der Waals surface area contributed by atoms with Gasteiger partial charge in [-0.25, -0.2) is 0 Å². The Bertz CT molecular complexity index is 340. The molecule has 0 aromatic carbocycles. The van der Waals surface area contributed by atoms with Gasteiger partial charge in [0.2, 0.25) is 0 Å². The molecule has 0 rings (SSSR count). The zero-order valence-electron chi connectivity index (χ0n) is 21.2. The summed E-state index contributed by atoms with van der Waals surface area (Å²) in [5.74, 6) is 0.243. The molecule has 1 atom stereocenters. The Morgan fingerprint density at radius 1 is 0.500 bits per heavy atom. The predicted octanol–water partition coefficient (Wildman–Crippen LogP) is 9.79. The van der Waals surface area contributed by atoms with Crippen molar-refractivity contribution < 1.29 is 9.53 Å². The smallest absolute Gasteiger partial charge is 0.308 e. The first kappa shape index (κ1) is 29.5. The van der Waals surface area contributed by atoms with Gasteiger partial charge in [-0.1, -0.05) is 143 Å². The number of hydrogen-bond acceptors (Lipinski definition) is 2. The Hall–Kier alpha value is -0.530. The average Bonchev–Trinajstić information content (AvgIpc) is 2.75. The summed E-state index contributed by atoms with van der Waals surface area (Å²) in [4.78, 5) is 12.6. The zero-order chi connectivity index (χ0) is 22.1. The standard InChI is InChI=1S/C28H56O2/c1-4-7-10-13-15-16-17-18-19-22-25-27(24-21-12-9-6-3)28(29)30-26-23-20-14-11-8-5-2/h27H,4-26H2,1-3H3. The van der Waals surface area contributed by atoms with Crippen LogP contribution in [-0.4, -0.2) is 12.6 Å². The molecule has 0 fully saturated rings. The molecule has 180 valence electrons. The Kier molecular flexibility index (Phi) is 24.3. The molecule has 2 nitrogen and oxygen atoms in total. The van der Waals surface area contributed by atoms with Crippen LogP contribution in [0.2, 0.25) is 0 Å². The van der Waals surface area contributed by atoms with Gasteiger partial charge in [0.15, 0.2) is 0 Å². The van der Waals surface area contributed by atoms with Crippen LogP contribution in [0.1, 0.15) is 162 Å². The van der Waals surface area contributed by atoms with Crippen molar-refractivity contribution in [2.45, 2.75) is 162 Å². The first-order chi connectivity index (χ1) is 14.8. The van der Waals surface area contributed by atoms with Gasteiger partial charge in [0, 0.05) is 0 Å². The maximum Gasteiger partial charge on any atom is 0.308 e. The first-order valence-electron chi connectivity index (χ1n) is 13.9. The van der Waals surface area contributed by atoms with Gasteiger partial charge in [-0.15, -0.1) is 0 Å². The van der Waals surface area contributed by atoms with Crippen LogP contribution in [0.25, 0.3) is 0 Å². The van der Waals surface area contributed by atoms with Crippen molar-refractivity contribution in [3.8, 4) is 0 Å². The maximum absolute atomic E-state index is 12.6. The summed E-state index contributed by atoms with van der Waals surface area (Å²) in [5.41, 5.74) is 0. The summed E-state index contributed by atoms with van der Waals surface area (Å²) >= 11 is 0. The second-order valence-electron chi connectivity index (χ2n) is 9.45.